The van der Waals surface area contributed by atoms with Crippen LogP contribution in [0.2, 0.25) is 0 Å². The molecule has 32 heavy (non-hydrogen) atoms. The second kappa shape index (κ2) is 10.4. The van der Waals surface area contributed by atoms with Crippen LogP contribution in [0.3, 0.4) is 0 Å². The van der Waals surface area contributed by atoms with Crippen LogP contribution in [0, 0.1) is 0 Å². The van der Waals surface area contributed by atoms with E-state index >= 15 is 0 Å². The Balaban J connectivity index is 1.51. The molecule has 0 saturated carbocycles. The highest BCUT2D eigenvalue weighted by atomic mass is 32.2. The van der Waals surface area contributed by atoms with Gasteiger partial charge in [-0.2, -0.15) is 4.31 Å². The van der Waals surface area contributed by atoms with Crippen LogP contribution in [-0.2, 0) is 30.8 Å². The van der Waals surface area contributed by atoms with Crippen LogP contribution >= 0.6 is 0 Å². The van der Waals surface area contributed by atoms with E-state index in [4.69, 9.17) is 9.47 Å². The van der Waals surface area contributed by atoms with Crippen LogP contribution in [0.4, 0.5) is 4.79 Å². The summed E-state index contributed by atoms with van der Waals surface area (Å²) < 4.78 is 36.7. The molecule has 1 aliphatic heterocycles. The predicted octanol–water partition coefficient (Wildman–Crippen LogP) is 0.607. The highest BCUT2D eigenvalue weighted by molar-refractivity contribution is 7.89. The van der Waals surface area contributed by atoms with E-state index in [2.05, 4.69) is 15.6 Å². The average molecular weight is 465 g/mol. The number of carbonyl (C=O) groups excluding carboxylic acids is 3. The number of benzene rings is 1. The number of hydrogen-bond donors (Lipinski definition) is 3. The molecular weight excluding hydrogens is 440 g/mol. The number of hydrogen-bond acceptors (Lipinski definition) is 7. The van der Waals surface area contributed by atoms with E-state index in [1.54, 1.807) is 0 Å². The number of ether oxygens (including phenoxy) is 2. The molecule has 1 aromatic carbocycles. The zero-order valence-electron chi connectivity index (χ0n) is 17.4. The van der Waals surface area contributed by atoms with Gasteiger partial charge in [0.2, 0.25) is 10.0 Å². The van der Waals surface area contributed by atoms with E-state index in [-0.39, 0.29) is 30.2 Å². The SMILES string of the molecule is CC(OC(=O)c1cc(S(=O)(=O)N2CCOCC2)c[nH]1)C(=O)NC(=O)NCc1ccccc1. The number of aromatic nitrogens is 1. The average Bonchev–Trinajstić information content (AvgIpc) is 3.30. The van der Waals surface area contributed by atoms with Crippen molar-refractivity contribution in [2.24, 2.45) is 0 Å². The summed E-state index contributed by atoms with van der Waals surface area (Å²) in [5.74, 6) is -1.75. The third-order valence-corrected chi connectivity index (χ3v) is 6.55. The van der Waals surface area contributed by atoms with Crippen molar-refractivity contribution in [3.05, 3.63) is 53.9 Å². The van der Waals surface area contributed by atoms with Crippen molar-refractivity contribution >= 4 is 27.9 Å². The number of rotatable bonds is 7. The van der Waals surface area contributed by atoms with Crippen molar-refractivity contribution in [1.29, 1.82) is 0 Å². The normalized spacial score (nSPS) is 15.5. The molecule has 1 atom stereocenters. The monoisotopic (exact) mass is 464 g/mol. The van der Waals surface area contributed by atoms with Gasteiger partial charge in [-0.25, -0.2) is 18.0 Å². The van der Waals surface area contributed by atoms with Gasteiger partial charge in [0.05, 0.1) is 13.2 Å². The molecule has 0 radical (unpaired) electrons. The Hall–Kier alpha value is -3.22. The van der Waals surface area contributed by atoms with Gasteiger partial charge in [-0.05, 0) is 18.6 Å². The number of amides is 3. The van der Waals surface area contributed by atoms with Crippen molar-refractivity contribution in [3.8, 4) is 0 Å². The molecule has 0 bridgehead atoms. The number of esters is 1. The minimum atomic E-state index is -3.78. The van der Waals surface area contributed by atoms with E-state index in [0.717, 1.165) is 11.6 Å². The van der Waals surface area contributed by atoms with Gasteiger partial charge in [-0.1, -0.05) is 30.3 Å². The number of urea groups is 1. The Morgan fingerprint density at radius 1 is 1.19 bits per heavy atom. The number of nitrogens with one attached hydrogen (secondary N) is 3. The first-order valence-corrected chi connectivity index (χ1v) is 11.3. The molecule has 2 aromatic rings. The summed E-state index contributed by atoms with van der Waals surface area (Å²) in [6, 6.07) is 9.52. The molecule has 172 valence electrons. The lowest BCUT2D eigenvalue weighted by Crippen LogP contribution is -2.44. The molecule has 12 heteroatoms. The molecular formula is C20H24N4O7S. The molecule has 0 aliphatic carbocycles. The fraction of sp³-hybridized carbons (Fsp3) is 0.350. The summed E-state index contributed by atoms with van der Waals surface area (Å²) in [6.07, 6.45) is -0.101. The first kappa shape index (κ1) is 23.4. The summed E-state index contributed by atoms with van der Waals surface area (Å²) in [7, 11) is -3.78. The van der Waals surface area contributed by atoms with Gasteiger partial charge in [-0.3, -0.25) is 10.1 Å². The first-order chi connectivity index (χ1) is 15.3. The molecule has 1 aliphatic rings. The van der Waals surface area contributed by atoms with Gasteiger partial charge < -0.3 is 19.8 Å². The minimum absolute atomic E-state index is 0.0938. The summed E-state index contributed by atoms with van der Waals surface area (Å²) in [5.41, 5.74) is 0.717. The van der Waals surface area contributed by atoms with Gasteiger partial charge in [0.25, 0.3) is 5.91 Å². The highest BCUT2D eigenvalue weighted by Gasteiger charge is 2.29. The first-order valence-electron chi connectivity index (χ1n) is 9.87. The fourth-order valence-electron chi connectivity index (χ4n) is 2.89. The third kappa shape index (κ3) is 5.93. The number of H-pyrrole nitrogens is 1. The Labute approximate surface area is 185 Å². The fourth-order valence-corrected chi connectivity index (χ4v) is 4.29. The minimum Gasteiger partial charge on any atom is -0.448 e. The Morgan fingerprint density at radius 3 is 2.56 bits per heavy atom. The maximum atomic E-state index is 12.6. The molecule has 11 nitrogen and oxygen atoms in total. The van der Waals surface area contributed by atoms with E-state index in [9.17, 15) is 22.8 Å². The molecule has 3 N–H and O–H groups in total. The summed E-state index contributed by atoms with van der Waals surface area (Å²) in [5, 5.41) is 4.61. The molecule has 3 rings (SSSR count). The van der Waals surface area contributed by atoms with Gasteiger partial charge in [0.15, 0.2) is 6.10 Å². The van der Waals surface area contributed by atoms with Gasteiger partial charge in [-0.15, -0.1) is 0 Å². The summed E-state index contributed by atoms with van der Waals surface area (Å²) in [6.45, 7) is 2.55. The number of imide groups is 1. The molecule has 0 spiro atoms. The van der Waals surface area contributed by atoms with Crippen molar-refractivity contribution < 1.29 is 32.3 Å². The molecule has 1 aromatic heterocycles. The van der Waals surface area contributed by atoms with Crippen LogP contribution in [0.1, 0.15) is 23.0 Å². The zero-order chi connectivity index (χ0) is 23.1. The smallest absolute Gasteiger partial charge is 0.355 e. The van der Waals surface area contributed by atoms with Crippen LogP contribution < -0.4 is 10.6 Å². The molecule has 1 unspecified atom stereocenters. The van der Waals surface area contributed by atoms with E-state index in [1.165, 1.54) is 17.4 Å². The highest BCUT2D eigenvalue weighted by Crippen LogP contribution is 2.18. The van der Waals surface area contributed by atoms with Crippen molar-refractivity contribution in [1.82, 2.24) is 19.9 Å². The topological polar surface area (TPSA) is 147 Å². The number of nitrogens with zero attached hydrogens (tertiary/aromatic N) is 1. The van der Waals surface area contributed by atoms with Crippen molar-refractivity contribution in [3.63, 3.8) is 0 Å². The van der Waals surface area contributed by atoms with Crippen LogP contribution in [0.15, 0.2) is 47.5 Å². The van der Waals surface area contributed by atoms with Crippen LogP contribution in [-0.4, -0.2) is 68.0 Å². The second-order valence-corrected chi connectivity index (χ2v) is 8.91. The van der Waals surface area contributed by atoms with Gasteiger partial charge in [0.1, 0.15) is 10.6 Å². The maximum absolute atomic E-state index is 12.6. The Kier molecular flexibility index (Phi) is 7.62. The third-order valence-electron chi connectivity index (χ3n) is 4.67. The lowest BCUT2D eigenvalue weighted by atomic mass is 10.2. The quantitative estimate of drug-likeness (QED) is 0.509. The lowest BCUT2D eigenvalue weighted by molar-refractivity contribution is -0.127. The molecule has 3 amide bonds. The zero-order valence-corrected chi connectivity index (χ0v) is 18.2. The van der Waals surface area contributed by atoms with E-state index in [0.29, 0.717) is 13.2 Å². The molecule has 1 fully saturated rings. The second-order valence-electron chi connectivity index (χ2n) is 6.97. The predicted molar refractivity (Wildman–Crippen MR) is 112 cm³/mol. The number of aromatic amines is 1. The van der Waals surface area contributed by atoms with Crippen LogP contribution in [0.5, 0.6) is 0 Å². The van der Waals surface area contributed by atoms with Crippen molar-refractivity contribution in [2.45, 2.75) is 24.5 Å². The van der Waals surface area contributed by atoms with Crippen LogP contribution in [0.25, 0.3) is 0 Å². The summed E-state index contributed by atoms with van der Waals surface area (Å²) in [4.78, 5) is 38.8. The standard InChI is InChI=1S/C20H24N4O7S/c1-14(18(25)23-20(27)22-12-15-5-3-2-4-6-15)31-19(26)17-11-16(13-21-17)32(28,29)24-7-9-30-10-8-24/h2-6,11,13-14,21H,7-10,12H2,1H3,(H2,22,23,25,27). The lowest BCUT2D eigenvalue weighted by Gasteiger charge is -2.25. The summed E-state index contributed by atoms with van der Waals surface area (Å²) >= 11 is 0. The number of carbonyl (C=O) groups is 3. The largest absolute Gasteiger partial charge is 0.448 e. The Bertz CT molecular complexity index is 1060. The maximum Gasteiger partial charge on any atom is 0.355 e. The van der Waals surface area contributed by atoms with E-state index < -0.39 is 34.0 Å². The number of sulfonamides is 1. The van der Waals surface area contributed by atoms with Crippen molar-refractivity contribution in [2.75, 3.05) is 26.3 Å². The number of morpholine rings is 1. The Morgan fingerprint density at radius 2 is 1.88 bits per heavy atom. The van der Waals surface area contributed by atoms with Gasteiger partial charge >= 0.3 is 12.0 Å². The molecule has 2 heterocycles. The molecule has 1 saturated heterocycles. The van der Waals surface area contributed by atoms with E-state index in [1.807, 2.05) is 30.3 Å². The van der Waals surface area contributed by atoms with Gasteiger partial charge in [0, 0.05) is 25.8 Å².